The van der Waals surface area contributed by atoms with Crippen LogP contribution in [0.4, 0.5) is 17.5 Å². The molecule has 0 radical (unpaired) electrons. The molecule has 3 rings (SSSR count). The number of H-pyrrole nitrogens is 1. The van der Waals surface area contributed by atoms with Crippen molar-refractivity contribution in [2.45, 2.75) is 0 Å². The van der Waals surface area contributed by atoms with Gasteiger partial charge in [0.25, 0.3) is 0 Å². The number of hydrogen-bond donors (Lipinski definition) is 3. The summed E-state index contributed by atoms with van der Waals surface area (Å²) < 4.78 is 0.943. The topological polar surface area (TPSA) is 92.5 Å². The second-order valence-corrected chi connectivity index (χ2v) is 4.52. The van der Waals surface area contributed by atoms with Crippen LogP contribution in [0.15, 0.2) is 34.9 Å². The molecular formula is C11H9BrN6. The van der Waals surface area contributed by atoms with Gasteiger partial charge >= 0.3 is 0 Å². The van der Waals surface area contributed by atoms with E-state index in [-0.39, 0.29) is 5.95 Å². The van der Waals surface area contributed by atoms with Crippen molar-refractivity contribution in [2.75, 3.05) is 11.1 Å². The standard InChI is InChI=1S/C11H9BrN6/c12-7-3-1-2-4-8(7)15-9-6-5-14-18-10(6)17-11(13)16-9/h1-5H,(H4,13,14,15,16,17,18). The highest BCUT2D eigenvalue weighted by Crippen LogP contribution is 2.27. The van der Waals surface area contributed by atoms with E-state index in [1.165, 1.54) is 0 Å². The van der Waals surface area contributed by atoms with Crippen LogP contribution < -0.4 is 11.1 Å². The number of nitrogens with two attached hydrogens (primary N) is 1. The first-order valence-corrected chi connectivity index (χ1v) is 6.01. The van der Waals surface area contributed by atoms with Crippen molar-refractivity contribution < 1.29 is 0 Å². The predicted molar refractivity (Wildman–Crippen MR) is 73.5 cm³/mol. The minimum atomic E-state index is 0.196. The number of rotatable bonds is 2. The fourth-order valence-corrected chi connectivity index (χ4v) is 2.02. The minimum absolute atomic E-state index is 0.196. The lowest BCUT2D eigenvalue weighted by molar-refractivity contribution is 1.09. The van der Waals surface area contributed by atoms with E-state index in [0.29, 0.717) is 11.5 Å². The predicted octanol–water partition coefficient (Wildman–Crippen LogP) is 2.44. The molecule has 0 atom stereocenters. The van der Waals surface area contributed by atoms with Crippen molar-refractivity contribution >= 4 is 44.4 Å². The summed E-state index contributed by atoms with van der Waals surface area (Å²) in [6.07, 6.45) is 1.66. The van der Waals surface area contributed by atoms with Crippen molar-refractivity contribution in [1.82, 2.24) is 20.2 Å². The van der Waals surface area contributed by atoms with E-state index in [9.17, 15) is 0 Å². The van der Waals surface area contributed by atoms with Crippen molar-refractivity contribution in [3.05, 3.63) is 34.9 Å². The smallest absolute Gasteiger partial charge is 0.224 e. The van der Waals surface area contributed by atoms with Crippen LogP contribution in [0.2, 0.25) is 0 Å². The van der Waals surface area contributed by atoms with Crippen molar-refractivity contribution in [3.63, 3.8) is 0 Å². The molecule has 0 saturated carbocycles. The summed E-state index contributed by atoms with van der Waals surface area (Å²) >= 11 is 3.47. The third kappa shape index (κ3) is 1.88. The lowest BCUT2D eigenvalue weighted by Crippen LogP contribution is -2.01. The SMILES string of the molecule is Nc1nc(Nc2ccccc2Br)c2cn[nH]c2n1. The maximum absolute atomic E-state index is 5.65. The third-order valence-electron chi connectivity index (χ3n) is 2.45. The fourth-order valence-electron chi connectivity index (χ4n) is 1.64. The first-order valence-electron chi connectivity index (χ1n) is 5.22. The summed E-state index contributed by atoms with van der Waals surface area (Å²) in [5, 5.41) is 10.7. The summed E-state index contributed by atoms with van der Waals surface area (Å²) in [6, 6.07) is 7.76. The summed E-state index contributed by atoms with van der Waals surface area (Å²) in [4.78, 5) is 8.24. The fraction of sp³-hybridized carbons (Fsp3) is 0. The molecular weight excluding hydrogens is 296 g/mol. The maximum Gasteiger partial charge on any atom is 0.224 e. The van der Waals surface area contributed by atoms with Crippen molar-refractivity contribution in [3.8, 4) is 0 Å². The Kier molecular flexibility index (Phi) is 2.60. The Labute approximate surface area is 111 Å². The quantitative estimate of drug-likeness (QED) is 0.676. The molecule has 0 aliphatic rings. The number of aromatic amines is 1. The first kappa shape index (κ1) is 11.0. The molecule has 90 valence electrons. The Morgan fingerprint density at radius 2 is 2.06 bits per heavy atom. The molecule has 2 heterocycles. The molecule has 0 unspecified atom stereocenters. The molecule has 2 aromatic heterocycles. The number of nitrogens with zero attached hydrogens (tertiary/aromatic N) is 3. The maximum atomic E-state index is 5.65. The van der Waals surface area contributed by atoms with Crippen LogP contribution in [0.25, 0.3) is 11.0 Å². The van der Waals surface area contributed by atoms with Crippen molar-refractivity contribution in [2.24, 2.45) is 0 Å². The van der Waals surface area contributed by atoms with E-state index < -0.39 is 0 Å². The Bertz CT molecular complexity index is 708. The molecule has 0 amide bonds. The van der Waals surface area contributed by atoms with E-state index in [1.54, 1.807) is 6.20 Å². The molecule has 0 bridgehead atoms. The lowest BCUT2D eigenvalue weighted by atomic mass is 10.3. The zero-order chi connectivity index (χ0) is 12.5. The molecule has 0 spiro atoms. The average molecular weight is 305 g/mol. The van der Waals surface area contributed by atoms with Gasteiger partial charge in [0.15, 0.2) is 5.65 Å². The second-order valence-electron chi connectivity index (χ2n) is 3.67. The number of nitrogens with one attached hydrogen (secondary N) is 2. The normalized spacial score (nSPS) is 10.7. The van der Waals surface area contributed by atoms with Gasteiger partial charge in [-0.25, -0.2) is 0 Å². The average Bonchev–Trinajstić information content (AvgIpc) is 2.80. The van der Waals surface area contributed by atoms with Gasteiger partial charge < -0.3 is 11.1 Å². The van der Waals surface area contributed by atoms with Gasteiger partial charge in [0.1, 0.15) is 5.82 Å². The zero-order valence-corrected chi connectivity index (χ0v) is 10.8. The molecule has 0 aliphatic carbocycles. The summed E-state index contributed by atoms with van der Waals surface area (Å²) in [5.74, 6) is 0.819. The van der Waals surface area contributed by atoms with Gasteiger partial charge in [0.2, 0.25) is 5.95 Å². The third-order valence-corrected chi connectivity index (χ3v) is 3.15. The van der Waals surface area contributed by atoms with E-state index in [2.05, 4.69) is 41.4 Å². The molecule has 0 aliphatic heterocycles. The van der Waals surface area contributed by atoms with E-state index in [4.69, 9.17) is 5.73 Å². The Morgan fingerprint density at radius 3 is 2.89 bits per heavy atom. The van der Waals surface area contributed by atoms with Crippen LogP contribution in [0.3, 0.4) is 0 Å². The van der Waals surface area contributed by atoms with E-state index in [0.717, 1.165) is 15.5 Å². The van der Waals surface area contributed by atoms with Gasteiger partial charge in [0.05, 0.1) is 17.3 Å². The lowest BCUT2D eigenvalue weighted by Gasteiger charge is -2.08. The summed E-state index contributed by atoms with van der Waals surface area (Å²) in [5.41, 5.74) is 7.16. The summed E-state index contributed by atoms with van der Waals surface area (Å²) in [6.45, 7) is 0. The highest BCUT2D eigenvalue weighted by molar-refractivity contribution is 9.10. The number of anilines is 3. The minimum Gasteiger partial charge on any atom is -0.368 e. The Hall–Kier alpha value is -2.15. The van der Waals surface area contributed by atoms with Gasteiger partial charge in [-0.15, -0.1) is 0 Å². The molecule has 0 saturated heterocycles. The highest BCUT2D eigenvalue weighted by Gasteiger charge is 2.09. The van der Waals surface area contributed by atoms with Crippen molar-refractivity contribution in [1.29, 1.82) is 0 Å². The number of para-hydroxylation sites is 1. The molecule has 3 aromatic rings. The van der Waals surface area contributed by atoms with E-state index >= 15 is 0 Å². The molecule has 1 aromatic carbocycles. The van der Waals surface area contributed by atoms with Gasteiger partial charge in [-0.3, -0.25) is 5.10 Å². The molecule has 7 heteroatoms. The molecule has 4 N–H and O–H groups in total. The van der Waals surface area contributed by atoms with Gasteiger partial charge in [-0.05, 0) is 28.1 Å². The van der Waals surface area contributed by atoms with Crippen LogP contribution in [0.5, 0.6) is 0 Å². The van der Waals surface area contributed by atoms with E-state index in [1.807, 2.05) is 24.3 Å². The van der Waals surface area contributed by atoms with Crippen LogP contribution in [-0.2, 0) is 0 Å². The zero-order valence-electron chi connectivity index (χ0n) is 9.18. The van der Waals surface area contributed by atoms with Crippen LogP contribution >= 0.6 is 15.9 Å². The Morgan fingerprint density at radius 1 is 1.22 bits per heavy atom. The van der Waals surface area contributed by atoms with Gasteiger partial charge in [-0.1, -0.05) is 12.1 Å². The van der Waals surface area contributed by atoms with Gasteiger partial charge in [0, 0.05) is 4.47 Å². The highest BCUT2D eigenvalue weighted by atomic mass is 79.9. The second kappa shape index (κ2) is 4.26. The van der Waals surface area contributed by atoms with Crippen LogP contribution in [0.1, 0.15) is 0 Å². The number of aromatic nitrogens is 4. The molecule has 18 heavy (non-hydrogen) atoms. The number of benzene rings is 1. The molecule has 0 fully saturated rings. The van der Waals surface area contributed by atoms with Crippen LogP contribution in [-0.4, -0.2) is 20.2 Å². The number of fused-ring (bicyclic) bond motifs is 1. The summed E-state index contributed by atoms with van der Waals surface area (Å²) in [7, 11) is 0. The monoisotopic (exact) mass is 304 g/mol. The molecule has 6 nitrogen and oxygen atoms in total. The largest absolute Gasteiger partial charge is 0.368 e. The number of nitrogen functional groups attached to an aromatic ring is 1. The number of halogens is 1. The van der Waals surface area contributed by atoms with Crippen LogP contribution in [0, 0.1) is 0 Å². The van der Waals surface area contributed by atoms with Gasteiger partial charge in [-0.2, -0.15) is 15.1 Å². The Balaban J connectivity index is 2.10. The number of hydrogen-bond acceptors (Lipinski definition) is 5. The first-order chi connectivity index (χ1) is 8.74.